The van der Waals surface area contributed by atoms with Crippen molar-refractivity contribution in [2.24, 2.45) is 0 Å². The number of nitrogens with zero attached hydrogens (tertiary/aromatic N) is 2. The van der Waals surface area contributed by atoms with Crippen LogP contribution in [0.2, 0.25) is 0 Å². The van der Waals surface area contributed by atoms with Crippen LogP contribution in [-0.4, -0.2) is 74.5 Å². The first-order chi connectivity index (χ1) is 14.2. The Balaban J connectivity index is 0.00000256. The molecule has 8 nitrogen and oxygen atoms in total. The van der Waals surface area contributed by atoms with Crippen molar-refractivity contribution < 1.29 is 19.2 Å². The van der Waals surface area contributed by atoms with Gasteiger partial charge >= 0.3 is 0 Å². The Morgan fingerprint density at radius 3 is 1.34 bits per heavy atom. The molecule has 0 atom stereocenters. The number of benzene rings is 2. The van der Waals surface area contributed by atoms with Crippen LogP contribution in [0.25, 0.3) is 0 Å². The minimum atomic E-state index is -0.371. The molecule has 1 aliphatic rings. The Morgan fingerprint density at radius 2 is 1.03 bits per heavy atom. The standard InChI is InChI=1S/C22H24N4O4.2ClH/c1-25(2)11-17(27)23-15-9-10-16(24-18(28)12-26(3)4)20-19(15)21(29)13-7-5-6-8-14(13)22(20)30;;/h5-10H,11-12H2,1-4H3,(H,23,27)(H,24,28);2*1H. The maximum Gasteiger partial charge on any atom is 0.238 e. The maximum absolute atomic E-state index is 13.3. The Bertz CT molecular complexity index is 972. The predicted octanol–water partition coefficient (Wildman–Crippen LogP) is 2.31. The molecule has 0 spiro atoms. The van der Waals surface area contributed by atoms with E-state index in [-0.39, 0.29) is 94.9 Å². The fourth-order valence-electron chi connectivity index (χ4n) is 3.39. The van der Waals surface area contributed by atoms with Gasteiger partial charge in [0, 0.05) is 11.1 Å². The Hall–Kier alpha value is -2.78. The van der Waals surface area contributed by atoms with Gasteiger partial charge in [-0.25, -0.2) is 0 Å². The van der Waals surface area contributed by atoms with Gasteiger partial charge in [-0.15, -0.1) is 24.8 Å². The highest BCUT2D eigenvalue weighted by Crippen LogP contribution is 2.36. The van der Waals surface area contributed by atoms with Crippen LogP contribution in [0, 0.1) is 0 Å². The van der Waals surface area contributed by atoms with Crippen LogP contribution >= 0.6 is 24.8 Å². The smallest absolute Gasteiger partial charge is 0.238 e. The maximum atomic E-state index is 13.3. The predicted molar refractivity (Wildman–Crippen MR) is 129 cm³/mol. The molecule has 172 valence electrons. The summed E-state index contributed by atoms with van der Waals surface area (Å²) in [4.78, 5) is 54.5. The summed E-state index contributed by atoms with van der Waals surface area (Å²) in [6.07, 6.45) is 0. The number of hydrogen-bond acceptors (Lipinski definition) is 6. The largest absolute Gasteiger partial charge is 0.324 e. The molecule has 0 bridgehead atoms. The number of halogens is 2. The third-order valence-corrected chi connectivity index (χ3v) is 4.54. The van der Waals surface area contributed by atoms with Crippen molar-refractivity contribution in [3.05, 3.63) is 58.7 Å². The van der Waals surface area contributed by atoms with E-state index in [1.807, 2.05) is 0 Å². The van der Waals surface area contributed by atoms with Crippen LogP contribution in [0.1, 0.15) is 31.8 Å². The summed E-state index contributed by atoms with van der Waals surface area (Å²) < 4.78 is 0. The number of anilines is 2. The van der Waals surface area contributed by atoms with Crippen molar-refractivity contribution in [1.29, 1.82) is 0 Å². The first-order valence-corrected chi connectivity index (χ1v) is 9.43. The van der Waals surface area contributed by atoms with Gasteiger partial charge in [0.2, 0.25) is 11.8 Å². The van der Waals surface area contributed by atoms with Crippen LogP contribution in [0.5, 0.6) is 0 Å². The molecule has 0 fully saturated rings. The molecular formula is C22H26Cl2N4O4. The zero-order valence-corrected chi connectivity index (χ0v) is 19.9. The molecule has 2 amide bonds. The van der Waals surface area contributed by atoms with Gasteiger partial charge in [0.1, 0.15) is 0 Å². The second kappa shape index (κ2) is 11.2. The topological polar surface area (TPSA) is 98.8 Å². The molecule has 2 N–H and O–H groups in total. The lowest BCUT2D eigenvalue weighted by Crippen LogP contribution is -2.31. The Kier molecular flexibility index (Phi) is 9.53. The highest BCUT2D eigenvalue weighted by molar-refractivity contribution is 6.32. The van der Waals surface area contributed by atoms with Crippen molar-refractivity contribution in [1.82, 2.24) is 9.80 Å². The van der Waals surface area contributed by atoms with Crippen molar-refractivity contribution in [3.8, 4) is 0 Å². The molecule has 1 aliphatic carbocycles. The van der Waals surface area contributed by atoms with Crippen LogP contribution in [0.15, 0.2) is 36.4 Å². The van der Waals surface area contributed by atoms with Gasteiger partial charge in [-0.1, -0.05) is 24.3 Å². The van der Waals surface area contributed by atoms with Gasteiger partial charge < -0.3 is 20.4 Å². The molecule has 0 aromatic heterocycles. The lowest BCUT2D eigenvalue weighted by atomic mass is 9.82. The number of carbonyl (C=O) groups is 4. The minimum absolute atomic E-state index is 0. The average Bonchev–Trinajstić information content (AvgIpc) is 2.65. The molecule has 3 rings (SSSR count). The normalized spacial score (nSPS) is 11.8. The summed E-state index contributed by atoms with van der Waals surface area (Å²) in [5.74, 6) is -1.37. The molecule has 0 radical (unpaired) electrons. The summed E-state index contributed by atoms with van der Waals surface area (Å²) in [7, 11) is 7.01. The quantitative estimate of drug-likeness (QED) is 0.561. The molecule has 0 saturated heterocycles. The second-order valence-electron chi connectivity index (χ2n) is 7.69. The lowest BCUT2D eigenvalue weighted by Gasteiger charge is -2.23. The molecule has 0 aliphatic heterocycles. The van der Waals surface area contributed by atoms with Crippen LogP contribution < -0.4 is 10.6 Å². The van der Waals surface area contributed by atoms with E-state index in [2.05, 4.69) is 10.6 Å². The minimum Gasteiger partial charge on any atom is -0.324 e. The zero-order chi connectivity index (χ0) is 22.0. The first-order valence-electron chi connectivity index (χ1n) is 9.43. The molecule has 2 aromatic carbocycles. The van der Waals surface area contributed by atoms with Crippen molar-refractivity contribution in [2.45, 2.75) is 0 Å². The molecule has 32 heavy (non-hydrogen) atoms. The van der Waals surface area contributed by atoms with E-state index in [0.717, 1.165) is 0 Å². The van der Waals surface area contributed by atoms with E-state index in [1.165, 1.54) is 12.1 Å². The van der Waals surface area contributed by atoms with Crippen molar-refractivity contribution in [3.63, 3.8) is 0 Å². The summed E-state index contributed by atoms with van der Waals surface area (Å²) in [5, 5.41) is 5.44. The SMILES string of the molecule is CN(C)CC(=O)Nc1ccc(NC(=O)CN(C)C)c2c1C(=O)c1ccccc1C2=O.Cl.Cl. The third-order valence-electron chi connectivity index (χ3n) is 4.54. The molecular weight excluding hydrogens is 455 g/mol. The second-order valence-corrected chi connectivity index (χ2v) is 7.69. The zero-order valence-electron chi connectivity index (χ0n) is 18.2. The van der Waals surface area contributed by atoms with E-state index in [4.69, 9.17) is 0 Å². The number of carbonyl (C=O) groups excluding carboxylic acids is 4. The number of hydrogen-bond donors (Lipinski definition) is 2. The third kappa shape index (κ3) is 5.72. The van der Waals surface area contributed by atoms with Crippen LogP contribution in [0.4, 0.5) is 11.4 Å². The average molecular weight is 481 g/mol. The number of nitrogens with one attached hydrogen (secondary N) is 2. The summed E-state index contributed by atoms with van der Waals surface area (Å²) >= 11 is 0. The van der Waals surface area contributed by atoms with E-state index in [9.17, 15) is 19.2 Å². The van der Waals surface area contributed by atoms with Crippen LogP contribution in [0.3, 0.4) is 0 Å². The lowest BCUT2D eigenvalue weighted by molar-refractivity contribution is -0.117. The Labute approximate surface area is 199 Å². The number of fused-ring (bicyclic) bond motifs is 2. The van der Waals surface area contributed by atoms with Crippen LogP contribution in [-0.2, 0) is 9.59 Å². The highest BCUT2D eigenvalue weighted by atomic mass is 35.5. The monoisotopic (exact) mass is 480 g/mol. The number of rotatable bonds is 6. The fraction of sp³-hybridized carbons (Fsp3) is 0.273. The summed E-state index contributed by atoms with van der Waals surface area (Å²) in [6, 6.07) is 9.61. The molecule has 2 aromatic rings. The van der Waals surface area contributed by atoms with Gasteiger partial charge in [-0.05, 0) is 40.3 Å². The molecule has 10 heteroatoms. The van der Waals surface area contributed by atoms with Crippen molar-refractivity contribution >= 4 is 59.6 Å². The molecule has 0 unspecified atom stereocenters. The van der Waals surface area contributed by atoms with E-state index >= 15 is 0 Å². The van der Waals surface area contributed by atoms with E-state index in [1.54, 1.807) is 62.3 Å². The van der Waals surface area contributed by atoms with Gasteiger partial charge in [-0.2, -0.15) is 0 Å². The van der Waals surface area contributed by atoms with Gasteiger partial charge in [-0.3, -0.25) is 19.2 Å². The highest BCUT2D eigenvalue weighted by Gasteiger charge is 2.34. The van der Waals surface area contributed by atoms with Gasteiger partial charge in [0.05, 0.1) is 35.6 Å². The Morgan fingerprint density at radius 1 is 0.688 bits per heavy atom. The molecule has 0 saturated carbocycles. The number of likely N-dealkylation sites (N-methyl/N-ethyl adjacent to an activating group) is 2. The van der Waals surface area contributed by atoms with Crippen molar-refractivity contribution in [2.75, 3.05) is 51.9 Å². The van der Waals surface area contributed by atoms with E-state index in [0.29, 0.717) is 0 Å². The summed E-state index contributed by atoms with van der Waals surface area (Å²) in [6.45, 7) is 0.240. The molecule has 0 heterocycles. The first kappa shape index (κ1) is 27.3. The van der Waals surface area contributed by atoms with Gasteiger partial charge in [0.25, 0.3) is 0 Å². The van der Waals surface area contributed by atoms with Gasteiger partial charge in [0.15, 0.2) is 11.6 Å². The fourth-order valence-corrected chi connectivity index (χ4v) is 3.39. The summed E-state index contributed by atoms with van der Waals surface area (Å²) in [5.41, 5.74) is 1.22. The number of ketones is 2. The van der Waals surface area contributed by atoms with E-state index < -0.39 is 0 Å². The number of amides is 2.